The van der Waals surface area contributed by atoms with Gasteiger partial charge in [0.05, 0.1) is 12.8 Å². The van der Waals surface area contributed by atoms with Gasteiger partial charge in [-0.2, -0.15) is 5.10 Å². The van der Waals surface area contributed by atoms with Gasteiger partial charge in [0.25, 0.3) is 0 Å². The minimum Gasteiger partial charge on any atom is -0.493 e. The first-order chi connectivity index (χ1) is 16.4. The second kappa shape index (κ2) is 9.50. The van der Waals surface area contributed by atoms with Gasteiger partial charge in [0.15, 0.2) is 11.4 Å². The number of aromatic nitrogens is 5. The Balaban J connectivity index is 1.44. The molecule has 0 unspecified atom stereocenters. The van der Waals surface area contributed by atoms with Crippen LogP contribution in [0.1, 0.15) is 62.8 Å². The predicted octanol–water partition coefficient (Wildman–Crippen LogP) is 5.82. The number of piperidine rings is 1. The van der Waals surface area contributed by atoms with Crippen molar-refractivity contribution in [2.75, 3.05) is 26.7 Å². The molecule has 0 spiro atoms. The molecule has 1 fully saturated rings. The van der Waals surface area contributed by atoms with Gasteiger partial charge in [0, 0.05) is 47.3 Å². The number of aromatic amines is 1. The van der Waals surface area contributed by atoms with E-state index in [0.717, 1.165) is 39.3 Å². The summed E-state index contributed by atoms with van der Waals surface area (Å²) in [4.78, 5) is 13.2. The van der Waals surface area contributed by atoms with Crippen molar-refractivity contribution in [3.63, 3.8) is 0 Å². The van der Waals surface area contributed by atoms with E-state index in [0.29, 0.717) is 11.8 Å². The number of methoxy groups -OCH3 is 1. The van der Waals surface area contributed by atoms with Crippen LogP contribution < -0.4 is 4.74 Å². The van der Waals surface area contributed by atoms with Crippen LogP contribution in [0.2, 0.25) is 0 Å². The van der Waals surface area contributed by atoms with Crippen LogP contribution in [-0.4, -0.2) is 56.2 Å². The van der Waals surface area contributed by atoms with Crippen molar-refractivity contribution in [1.29, 1.82) is 0 Å². The number of hydrogen-bond acceptors (Lipinski definition) is 6. The highest BCUT2D eigenvalue weighted by Gasteiger charge is 2.26. The number of imidazole rings is 1. The van der Waals surface area contributed by atoms with Crippen molar-refractivity contribution in [1.82, 2.24) is 29.5 Å². The van der Waals surface area contributed by atoms with Crippen LogP contribution in [0.3, 0.4) is 0 Å². The largest absolute Gasteiger partial charge is 0.493 e. The Kier molecular flexibility index (Phi) is 6.44. The van der Waals surface area contributed by atoms with E-state index in [2.05, 4.69) is 55.1 Å². The fourth-order valence-electron chi connectivity index (χ4n) is 5.08. The molecular formula is C26H34N6OS. The number of rotatable bonds is 7. The van der Waals surface area contributed by atoms with Crippen molar-refractivity contribution in [2.45, 2.75) is 52.4 Å². The van der Waals surface area contributed by atoms with Crippen LogP contribution in [0.4, 0.5) is 0 Å². The van der Waals surface area contributed by atoms with Crippen LogP contribution in [0.25, 0.3) is 27.6 Å². The highest BCUT2D eigenvalue weighted by atomic mass is 32.1. The summed E-state index contributed by atoms with van der Waals surface area (Å²) in [6.45, 7) is 12.6. The molecule has 0 atom stereocenters. The van der Waals surface area contributed by atoms with E-state index in [1.54, 1.807) is 13.3 Å². The summed E-state index contributed by atoms with van der Waals surface area (Å²) >= 11 is 1.81. The van der Waals surface area contributed by atoms with Crippen molar-refractivity contribution in [2.24, 2.45) is 5.92 Å². The molecule has 8 heteroatoms. The van der Waals surface area contributed by atoms with Gasteiger partial charge in [-0.1, -0.05) is 27.7 Å². The number of pyridine rings is 1. The molecule has 0 aromatic carbocycles. The third-order valence-electron chi connectivity index (χ3n) is 6.68. The Labute approximate surface area is 205 Å². The van der Waals surface area contributed by atoms with Gasteiger partial charge < -0.3 is 14.0 Å². The normalized spacial score (nSPS) is 15.7. The minimum atomic E-state index is 0.292. The van der Waals surface area contributed by atoms with Crippen LogP contribution in [-0.2, 0) is 0 Å². The summed E-state index contributed by atoms with van der Waals surface area (Å²) in [5.41, 5.74) is 5.00. The zero-order valence-electron chi connectivity index (χ0n) is 20.7. The molecule has 0 saturated carbocycles. The fourth-order valence-corrected chi connectivity index (χ4v) is 6.17. The molecule has 4 aromatic heterocycles. The first kappa shape index (κ1) is 23.1. The third-order valence-corrected chi connectivity index (χ3v) is 7.85. The second-order valence-electron chi connectivity index (χ2n) is 10.0. The van der Waals surface area contributed by atoms with Gasteiger partial charge in [-0.05, 0) is 49.8 Å². The average Bonchev–Trinajstić information content (AvgIpc) is 3.57. The summed E-state index contributed by atoms with van der Waals surface area (Å²) in [6.07, 6.45) is 10.3. The van der Waals surface area contributed by atoms with Gasteiger partial charge in [-0.25, -0.2) is 9.97 Å². The first-order valence-electron chi connectivity index (χ1n) is 12.2. The number of nitrogens with zero attached hydrogens (tertiary/aromatic N) is 5. The van der Waals surface area contributed by atoms with E-state index < -0.39 is 0 Å². The van der Waals surface area contributed by atoms with Crippen molar-refractivity contribution in [3.05, 3.63) is 41.3 Å². The maximum atomic E-state index is 5.61. The van der Waals surface area contributed by atoms with Crippen molar-refractivity contribution in [3.8, 4) is 27.7 Å². The summed E-state index contributed by atoms with van der Waals surface area (Å²) in [6, 6.07) is 2.03. The lowest BCUT2D eigenvalue weighted by molar-refractivity contribution is 0.193. The topological polar surface area (TPSA) is 71.3 Å². The number of thiazole rings is 1. The Hall–Kier alpha value is -2.71. The Bertz CT molecular complexity index is 1260. The molecular weight excluding hydrogens is 444 g/mol. The van der Waals surface area contributed by atoms with Crippen LogP contribution in [0.15, 0.2) is 30.9 Å². The second-order valence-corrected chi connectivity index (χ2v) is 11.1. The first-order valence-corrected chi connectivity index (χ1v) is 13.0. The molecule has 0 radical (unpaired) electrons. The summed E-state index contributed by atoms with van der Waals surface area (Å²) in [7, 11) is 1.68. The predicted molar refractivity (Wildman–Crippen MR) is 138 cm³/mol. The molecule has 1 aliphatic heterocycles. The maximum absolute atomic E-state index is 5.61. The lowest BCUT2D eigenvalue weighted by Crippen LogP contribution is -2.35. The number of likely N-dealkylation sites (tertiary alicyclic amines) is 1. The molecule has 7 nitrogen and oxygen atoms in total. The molecule has 4 aromatic rings. The lowest BCUT2D eigenvalue weighted by Gasteiger charge is -2.32. The highest BCUT2D eigenvalue weighted by molar-refractivity contribution is 7.15. The molecule has 5 rings (SSSR count). The van der Waals surface area contributed by atoms with Gasteiger partial charge >= 0.3 is 0 Å². The minimum absolute atomic E-state index is 0.292. The molecule has 1 saturated heterocycles. The van der Waals surface area contributed by atoms with E-state index in [-0.39, 0.29) is 0 Å². The fraction of sp³-hybridized carbons (Fsp3) is 0.500. The molecule has 5 heterocycles. The van der Waals surface area contributed by atoms with Crippen LogP contribution >= 0.6 is 11.3 Å². The number of ether oxygens (including phenoxy) is 1. The standard InChI is InChI=1S/C26H34N6OS/c1-16(2)14-31-9-6-18(7-10-31)21-13-28-26(34-21)24-22(17(3)4)23(29-30-24)19-12-20(33-5)25-27-8-11-32(25)15-19/h8,11-13,15-18H,6-7,9-10,14H2,1-5H3,(H,29,30). The van der Waals surface area contributed by atoms with Gasteiger partial charge in [0.2, 0.25) is 0 Å². The molecule has 1 N–H and O–H groups in total. The molecule has 0 amide bonds. The Morgan fingerprint density at radius 2 is 1.97 bits per heavy atom. The maximum Gasteiger partial charge on any atom is 0.179 e. The number of fused-ring (bicyclic) bond motifs is 1. The summed E-state index contributed by atoms with van der Waals surface area (Å²) in [5, 5.41) is 9.07. The Morgan fingerprint density at radius 1 is 1.18 bits per heavy atom. The van der Waals surface area contributed by atoms with Gasteiger partial charge in [-0.15, -0.1) is 11.3 Å². The van der Waals surface area contributed by atoms with E-state index >= 15 is 0 Å². The van der Waals surface area contributed by atoms with E-state index in [1.807, 2.05) is 28.0 Å². The average molecular weight is 479 g/mol. The molecule has 34 heavy (non-hydrogen) atoms. The number of H-pyrrole nitrogens is 1. The van der Waals surface area contributed by atoms with E-state index in [1.165, 1.54) is 42.9 Å². The molecule has 1 aliphatic rings. The molecule has 0 bridgehead atoms. The van der Waals surface area contributed by atoms with Gasteiger partial charge in [0.1, 0.15) is 10.7 Å². The number of nitrogens with one attached hydrogen (secondary N) is 1. The van der Waals surface area contributed by atoms with Crippen LogP contribution in [0, 0.1) is 5.92 Å². The van der Waals surface area contributed by atoms with E-state index in [4.69, 9.17) is 14.8 Å². The summed E-state index contributed by atoms with van der Waals surface area (Å²) in [5.74, 6) is 2.36. The van der Waals surface area contributed by atoms with Gasteiger partial charge in [-0.3, -0.25) is 5.10 Å². The highest BCUT2D eigenvalue weighted by Crippen LogP contribution is 2.40. The molecule has 0 aliphatic carbocycles. The van der Waals surface area contributed by atoms with E-state index in [9.17, 15) is 0 Å². The zero-order chi connectivity index (χ0) is 23.8. The SMILES string of the molecule is COc1cc(-c2[nH]nc(-c3ncc(C4CCN(CC(C)C)CC4)s3)c2C(C)C)cn2ccnc12. The van der Waals surface area contributed by atoms with Crippen molar-refractivity contribution >= 4 is 17.0 Å². The zero-order valence-corrected chi connectivity index (χ0v) is 21.5. The monoisotopic (exact) mass is 478 g/mol. The number of hydrogen-bond donors (Lipinski definition) is 1. The van der Waals surface area contributed by atoms with Crippen LogP contribution in [0.5, 0.6) is 5.75 Å². The Morgan fingerprint density at radius 3 is 2.68 bits per heavy atom. The molecule has 180 valence electrons. The third kappa shape index (κ3) is 4.36. The lowest BCUT2D eigenvalue weighted by atomic mass is 9.95. The van der Waals surface area contributed by atoms with Crippen molar-refractivity contribution < 1.29 is 4.74 Å². The smallest absolute Gasteiger partial charge is 0.179 e. The summed E-state index contributed by atoms with van der Waals surface area (Å²) < 4.78 is 7.60. The quantitative estimate of drug-likeness (QED) is 0.363.